The lowest BCUT2D eigenvalue weighted by Gasteiger charge is -2.31. The Morgan fingerprint density at radius 2 is 1.43 bits per heavy atom. The third-order valence-corrected chi connectivity index (χ3v) is 5.21. The Morgan fingerprint density at radius 1 is 0.857 bits per heavy atom. The van der Waals surface area contributed by atoms with Crippen LogP contribution in [-0.2, 0) is 0 Å². The molecule has 1 aliphatic carbocycles. The first-order chi connectivity index (χ1) is 10.2. The predicted molar refractivity (Wildman–Crippen MR) is 95.8 cm³/mol. The van der Waals surface area contributed by atoms with Crippen molar-refractivity contribution in [3.63, 3.8) is 0 Å². The smallest absolute Gasteiger partial charge is 0.000790 e. The van der Waals surface area contributed by atoms with E-state index in [-0.39, 0.29) is 0 Å². The molecular weight excluding hydrogens is 254 g/mol. The Hall–Kier alpha value is -0.0400. The van der Waals surface area contributed by atoms with E-state index in [0.717, 1.165) is 5.92 Å². The Kier molecular flexibility index (Phi) is 10.4. The van der Waals surface area contributed by atoms with Gasteiger partial charge in [-0.25, -0.2) is 0 Å². The lowest BCUT2D eigenvalue weighted by Crippen LogP contribution is -2.33. The molecule has 0 bridgehead atoms. The fraction of sp³-hybridized carbons (Fsp3) is 1.00. The standard InChI is InChI=1S/C20H41N/c1-4-5-6-7-8-9-10-13-16-21-18-20(17-19(2)3)14-11-12-15-20/h19,21H,4-18H2,1-3H3. The normalized spacial score (nSPS) is 17.7. The van der Waals surface area contributed by atoms with E-state index in [1.807, 2.05) is 0 Å². The van der Waals surface area contributed by atoms with Gasteiger partial charge in [0, 0.05) is 6.54 Å². The second-order valence-electron chi connectivity index (χ2n) is 7.96. The molecule has 1 heteroatoms. The van der Waals surface area contributed by atoms with E-state index in [1.165, 1.54) is 96.6 Å². The number of hydrogen-bond acceptors (Lipinski definition) is 1. The molecule has 0 unspecified atom stereocenters. The molecule has 0 atom stereocenters. The first kappa shape index (κ1) is 19.0. The molecule has 1 fully saturated rings. The molecular formula is C20H41N. The first-order valence-electron chi connectivity index (χ1n) is 9.89. The van der Waals surface area contributed by atoms with Crippen molar-refractivity contribution >= 4 is 0 Å². The highest BCUT2D eigenvalue weighted by molar-refractivity contribution is 4.87. The van der Waals surface area contributed by atoms with E-state index in [9.17, 15) is 0 Å². The summed E-state index contributed by atoms with van der Waals surface area (Å²) in [5.74, 6) is 0.855. The highest BCUT2D eigenvalue weighted by atomic mass is 14.9. The minimum Gasteiger partial charge on any atom is -0.316 e. The lowest BCUT2D eigenvalue weighted by atomic mass is 9.78. The van der Waals surface area contributed by atoms with Crippen molar-refractivity contribution in [2.75, 3.05) is 13.1 Å². The summed E-state index contributed by atoms with van der Waals surface area (Å²) in [5, 5.41) is 3.78. The molecule has 1 saturated carbocycles. The zero-order valence-electron chi connectivity index (χ0n) is 15.2. The maximum atomic E-state index is 3.78. The second-order valence-corrected chi connectivity index (χ2v) is 7.96. The van der Waals surface area contributed by atoms with Gasteiger partial charge in [-0.2, -0.15) is 0 Å². The summed E-state index contributed by atoms with van der Waals surface area (Å²) < 4.78 is 0. The van der Waals surface area contributed by atoms with Crippen molar-refractivity contribution in [2.45, 2.75) is 104 Å². The van der Waals surface area contributed by atoms with Crippen LogP contribution in [0.3, 0.4) is 0 Å². The van der Waals surface area contributed by atoms with Crippen LogP contribution in [0.1, 0.15) is 104 Å². The van der Waals surface area contributed by atoms with Gasteiger partial charge < -0.3 is 5.32 Å². The molecule has 0 radical (unpaired) electrons. The van der Waals surface area contributed by atoms with Crippen LogP contribution < -0.4 is 5.32 Å². The third kappa shape index (κ3) is 8.86. The zero-order valence-corrected chi connectivity index (χ0v) is 15.2. The minimum absolute atomic E-state index is 0.647. The number of nitrogens with one attached hydrogen (secondary N) is 1. The van der Waals surface area contributed by atoms with E-state index in [2.05, 4.69) is 26.1 Å². The van der Waals surface area contributed by atoms with E-state index >= 15 is 0 Å². The second kappa shape index (κ2) is 11.5. The van der Waals surface area contributed by atoms with E-state index in [1.54, 1.807) is 0 Å². The quantitative estimate of drug-likeness (QED) is 0.392. The van der Waals surface area contributed by atoms with Gasteiger partial charge in [-0.3, -0.25) is 0 Å². The molecule has 1 N–H and O–H groups in total. The van der Waals surface area contributed by atoms with Crippen molar-refractivity contribution in [2.24, 2.45) is 11.3 Å². The van der Waals surface area contributed by atoms with Gasteiger partial charge in [0.15, 0.2) is 0 Å². The van der Waals surface area contributed by atoms with Crippen LogP contribution in [0.15, 0.2) is 0 Å². The van der Waals surface area contributed by atoms with Crippen molar-refractivity contribution in [3.05, 3.63) is 0 Å². The highest BCUT2D eigenvalue weighted by Crippen LogP contribution is 2.42. The van der Waals surface area contributed by atoms with Gasteiger partial charge in [0.05, 0.1) is 0 Å². The minimum atomic E-state index is 0.647. The largest absolute Gasteiger partial charge is 0.316 e. The van der Waals surface area contributed by atoms with Crippen LogP contribution in [0.5, 0.6) is 0 Å². The first-order valence-corrected chi connectivity index (χ1v) is 9.89. The van der Waals surface area contributed by atoms with Crippen LogP contribution >= 0.6 is 0 Å². The van der Waals surface area contributed by atoms with E-state index in [4.69, 9.17) is 0 Å². The van der Waals surface area contributed by atoms with Crippen LogP contribution in [-0.4, -0.2) is 13.1 Å². The average molecular weight is 296 g/mol. The van der Waals surface area contributed by atoms with Crippen molar-refractivity contribution in [3.8, 4) is 0 Å². The maximum Gasteiger partial charge on any atom is 0.000790 e. The Labute approximate surface area is 134 Å². The van der Waals surface area contributed by atoms with E-state index < -0.39 is 0 Å². The van der Waals surface area contributed by atoms with Crippen molar-refractivity contribution in [1.82, 2.24) is 5.32 Å². The Morgan fingerprint density at radius 3 is 2.00 bits per heavy atom. The molecule has 21 heavy (non-hydrogen) atoms. The summed E-state index contributed by atoms with van der Waals surface area (Å²) in [6, 6.07) is 0. The monoisotopic (exact) mass is 295 g/mol. The zero-order chi connectivity index (χ0) is 15.4. The molecule has 1 aliphatic rings. The molecule has 1 rings (SSSR count). The summed E-state index contributed by atoms with van der Waals surface area (Å²) in [5.41, 5.74) is 0.647. The predicted octanol–water partition coefficient (Wildman–Crippen LogP) is 6.32. The fourth-order valence-electron chi connectivity index (χ4n) is 4.18. The maximum absolute atomic E-state index is 3.78. The van der Waals surface area contributed by atoms with E-state index in [0.29, 0.717) is 5.41 Å². The summed E-state index contributed by atoms with van der Waals surface area (Å²) in [7, 11) is 0. The van der Waals surface area contributed by atoms with Crippen LogP contribution in [0.25, 0.3) is 0 Å². The molecule has 0 aromatic carbocycles. The molecule has 0 aliphatic heterocycles. The summed E-state index contributed by atoms with van der Waals surface area (Å²) >= 11 is 0. The molecule has 1 nitrogen and oxygen atoms in total. The summed E-state index contributed by atoms with van der Waals surface area (Å²) in [6.07, 6.45) is 18.7. The Balaban J connectivity index is 1.97. The summed E-state index contributed by atoms with van der Waals surface area (Å²) in [6.45, 7) is 9.59. The number of rotatable bonds is 13. The fourth-order valence-corrected chi connectivity index (χ4v) is 4.18. The van der Waals surface area contributed by atoms with Gasteiger partial charge in [0.1, 0.15) is 0 Å². The van der Waals surface area contributed by atoms with Gasteiger partial charge in [-0.15, -0.1) is 0 Å². The molecule has 126 valence electrons. The van der Waals surface area contributed by atoms with Crippen molar-refractivity contribution in [1.29, 1.82) is 0 Å². The molecule has 0 amide bonds. The van der Waals surface area contributed by atoms with Crippen LogP contribution in [0, 0.1) is 11.3 Å². The van der Waals surface area contributed by atoms with Gasteiger partial charge in [-0.05, 0) is 43.6 Å². The molecule has 0 heterocycles. The SMILES string of the molecule is CCCCCCCCCCNCC1(CC(C)C)CCCC1. The van der Waals surface area contributed by atoms with Gasteiger partial charge in [0.2, 0.25) is 0 Å². The van der Waals surface area contributed by atoms with Crippen LogP contribution in [0.4, 0.5) is 0 Å². The summed E-state index contributed by atoms with van der Waals surface area (Å²) in [4.78, 5) is 0. The molecule has 0 spiro atoms. The van der Waals surface area contributed by atoms with Crippen molar-refractivity contribution < 1.29 is 0 Å². The highest BCUT2D eigenvalue weighted by Gasteiger charge is 2.33. The topological polar surface area (TPSA) is 12.0 Å². The third-order valence-electron chi connectivity index (χ3n) is 5.21. The van der Waals surface area contributed by atoms with Crippen LogP contribution in [0.2, 0.25) is 0 Å². The average Bonchev–Trinajstić information content (AvgIpc) is 2.89. The lowest BCUT2D eigenvalue weighted by molar-refractivity contribution is 0.224. The molecule has 0 aromatic rings. The Bertz CT molecular complexity index is 228. The number of hydrogen-bond donors (Lipinski definition) is 1. The molecule has 0 aromatic heterocycles. The van der Waals surface area contributed by atoms with Gasteiger partial charge >= 0.3 is 0 Å². The number of unbranched alkanes of at least 4 members (excludes halogenated alkanes) is 7. The molecule has 0 saturated heterocycles. The van der Waals surface area contributed by atoms with Gasteiger partial charge in [-0.1, -0.05) is 78.6 Å². The van der Waals surface area contributed by atoms with Gasteiger partial charge in [0.25, 0.3) is 0 Å².